The number of aryl methyl sites for hydroxylation is 2. The van der Waals surface area contributed by atoms with E-state index in [9.17, 15) is 4.79 Å². The summed E-state index contributed by atoms with van der Waals surface area (Å²) in [4.78, 5) is 16.3. The van der Waals surface area contributed by atoms with Crippen LogP contribution in [-0.2, 0) is 0 Å². The zero-order valence-corrected chi connectivity index (χ0v) is 12.6. The highest BCUT2D eigenvalue weighted by molar-refractivity contribution is 6.00. The van der Waals surface area contributed by atoms with E-state index in [0.717, 1.165) is 11.3 Å². The van der Waals surface area contributed by atoms with Crippen molar-refractivity contribution in [1.29, 1.82) is 0 Å². The Kier molecular flexibility index (Phi) is 4.12. The Hall–Kier alpha value is -2.56. The number of carbonyl (C=O) groups excluding carboxylic acids is 1. The van der Waals surface area contributed by atoms with E-state index >= 15 is 0 Å². The predicted octanol–water partition coefficient (Wildman–Crippen LogP) is 2.48. The van der Waals surface area contributed by atoms with Crippen LogP contribution in [0.2, 0.25) is 0 Å². The van der Waals surface area contributed by atoms with E-state index in [1.807, 2.05) is 19.9 Å². The second-order valence-corrected chi connectivity index (χ2v) is 4.69. The zero-order valence-electron chi connectivity index (χ0n) is 12.6. The first-order valence-corrected chi connectivity index (χ1v) is 6.49. The molecule has 0 fully saturated rings. The zero-order chi connectivity index (χ0) is 15.6. The average Bonchev–Trinajstić information content (AvgIpc) is 2.48. The summed E-state index contributed by atoms with van der Waals surface area (Å²) in [6, 6.07) is 7.14. The van der Waals surface area contributed by atoms with Crippen LogP contribution in [0.4, 0.5) is 0 Å². The molecule has 5 nitrogen and oxygen atoms in total. The third kappa shape index (κ3) is 2.67. The van der Waals surface area contributed by atoms with Crippen LogP contribution in [0.25, 0.3) is 11.3 Å². The highest BCUT2D eigenvalue weighted by atomic mass is 16.5. The molecule has 0 aliphatic rings. The Morgan fingerprint density at radius 2 is 1.71 bits per heavy atom. The van der Waals surface area contributed by atoms with Gasteiger partial charge in [-0.3, -0.25) is 9.78 Å². The molecule has 1 aromatic carbocycles. The standard InChI is InChI=1S/C16H18N2O3/c1-9-8-11(16(17)19)15(18-10(9)2)14-12(20-3)6-5-7-13(14)21-4/h5-8H,1-4H3,(H2,17,19). The third-order valence-electron chi connectivity index (χ3n) is 3.40. The number of pyridine rings is 1. The molecule has 2 N–H and O–H groups in total. The van der Waals surface area contributed by atoms with Crippen molar-refractivity contribution in [3.05, 3.63) is 41.1 Å². The van der Waals surface area contributed by atoms with Gasteiger partial charge in [0.15, 0.2) is 0 Å². The van der Waals surface area contributed by atoms with Crippen LogP contribution in [0.1, 0.15) is 21.6 Å². The molecule has 0 aliphatic heterocycles. The minimum Gasteiger partial charge on any atom is -0.496 e. The number of primary amides is 1. The van der Waals surface area contributed by atoms with Crippen LogP contribution < -0.4 is 15.2 Å². The SMILES string of the molecule is COc1cccc(OC)c1-c1nc(C)c(C)cc1C(N)=O. The van der Waals surface area contributed by atoms with Gasteiger partial charge in [0.2, 0.25) is 0 Å². The summed E-state index contributed by atoms with van der Waals surface area (Å²) in [5.41, 5.74) is 8.66. The minimum atomic E-state index is -0.534. The summed E-state index contributed by atoms with van der Waals surface area (Å²) in [6.45, 7) is 3.77. The molecule has 2 rings (SSSR count). The van der Waals surface area contributed by atoms with Gasteiger partial charge in [-0.2, -0.15) is 0 Å². The summed E-state index contributed by atoms with van der Waals surface area (Å²) in [7, 11) is 3.12. The van der Waals surface area contributed by atoms with E-state index in [0.29, 0.717) is 28.3 Å². The van der Waals surface area contributed by atoms with Gasteiger partial charge in [-0.25, -0.2) is 0 Å². The van der Waals surface area contributed by atoms with E-state index in [-0.39, 0.29) is 0 Å². The largest absolute Gasteiger partial charge is 0.496 e. The number of rotatable bonds is 4. The number of amides is 1. The van der Waals surface area contributed by atoms with Crippen LogP contribution in [0.15, 0.2) is 24.3 Å². The third-order valence-corrected chi connectivity index (χ3v) is 3.40. The number of nitrogens with zero attached hydrogens (tertiary/aromatic N) is 1. The molecule has 5 heteroatoms. The molecule has 1 heterocycles. The molecule has 0 spiro atoms. The molecular weight excluding hydrogens is 268 g/mol. The summed E-state index contributed by atoms with van der Waals surface area (Å²) < 4.78 is 10.7. The lowest BCUT2D eigenvalue weighted by Crippen LogP contribution is -2.15. The van der Waals surface area contributed by atoms with Gasteiger partial charge >= 0.3 is 0 Å². The van der Waals surface area contributed by atoms with E-state index in [1.165, 1.54) is 0 Å². The van der Waals surface area contributed by atoms with E-state index in [1.54, 1.807) is 32.4 Å². The van der Waals surface area contributed by atoms with Gasteiger partial charge in [-0.05, 0) is 37.6 Å². The fraction of sp³-hybridized carbons (Fsp3) is 0.250. The molecule has 0 aliphatic carbocycles. The van der Waals surface area contributed by atoms with Crippen LogP contribution in [0.3, 0.4) is 0 Å². The van der Waals surface area contributed by atoms with Crippen molar-refractivity contribution in [2.75, 3.05) is 14.2 Å². The van der Waals surface area contributed by atoms with E-state index < -0.39 is 5.91 Å². The molecule has 0 atom stereocenters. The second-order valence-electron chi connectivity index (χ2n) is 4.69. The van der Waals surface area contributed by atoms with Crippen molar-refractivity contribution in [2.24, 2.45) is 5.73 Å². The fourth-order valence-electron chi connectivity index (χ4n) is 2.17. The van der Waals surface area contributed by atoms with Gasteiger partial charge in [-0.1, -0.05) is 6.07 Å². The quantitative estimate of drug-likeness (QED) is 0.937. The highest BCUT2D eigenvalue weighted by Crippen LogP contribution is 2.39. The normalized spacial score (nSPS) is 10.3. The molecule has 1 amide bonds. The number of aromatic nitrogens is 1. The van der Waals surface area contributed by atoms with Gasteiger partial charge in [0.25, 0.3) is 5.91 Å². The number of nitrogens with two attached hydrogens (primary N) is 1. The van der Waals surface area contributed by atoms with Gasteiger partial charge in [0, 0.05) is 5.69 Å². The molecule has 110 valence electrons. The number of benzene rings is 1. The Labute approximate surface area is 123 Å². The first-order valence-electron chi connectivity index (χ1n) is 6.49. The summed E-state index contributed by atoms with van der Waals surface area (Å²) >= 11 is 0. The Balaban J connectivity index is 2.83. The average molecular weight is 286 g/mol. The van der Waals surface area contributed by atoms with Gasteiger partial charge in [0.05, 0.1) is 31.0 Å². The number of hydrogen-bond donors (Lipinski definition) is 1. The molecular formula is C16H18N2O3. The molecule has 1 aromatic heterocycles. The molecule has 0 radical (unpaired) electrons. The Morgan fingerprint density at radius 3 is 2.19 bits per heavy atom. The maximum atomic E-state index is 11.8. The predicted molar refractivity (Wildman–Crippen MR) is 80.8 cm³/mol. The molecule has 21 heavy (non-hydrogen) atoms. The number of hydrogen-bond acceptors (Lipinski definition) is 4. The monoisotopic (exact) mass is 286 g/mol. The van der Waals surface area contributed by atoms with Crippen molar-refractivity contribution in [1.82, 2.24) is 4.98 Å². The Bertz CT molecular complexity index is 674. The lowest BCUT2D eigenvalue weighted by molar-refractivity contribution is 0.100. The van der Waals surface area contributed by atoms with Gasteiger partial charge in [-0.15, -0.1) is 0 Å². The minimum absolute atomic E-state index is 0.348. The van der Waals surface area contributed by atoms with E-state index in [2.05, 4.69) is 4.98 Å². The molecule has 0 bridgehead atoms. The lowest BCUT2D eigenvalue weighted by atomic mass is 10.0. The van der Waals surface area contributed by atoms with Crippen molar-refractivity contribution in [3.8, 4) is 22.8 Å². The first kappa shape index (κ1) is 14.8. The fourth-order valence-corrected chi connectivity index (χ4v) is 2.17. The van der Waals surface area contributed by atoms with Gasteiger partial charge in [0.1, 0.15) is 11.5 Å². The Morgan fingerprint density at radius 1 is 1.14 bits per heavy atom. The van der Waals surface area contributed by atoms with Gasteiger partial charge < -0.3 is 15.2 Å². The number of ether oxygens (including phenoxy) is 2. The van der Waals surface area contributed by atoms with Crippen molar-refractivity contribution in [3.63, 3.8) is 0 Å². The highest BCUT2D eigenvalue weighted by Gasteiger charge is 2.20. The van der Waals surface area contributed by atoms with Crippen molar-refractivity contribution < 1.29 is 14.3 Å². The second kappa shape index (κ2) is 5.83. The first-order chi connectivity index (χ1) is 9.99. The summed E-state index contributed by atoms with van der Waals surface area (Å²) in [5.74, 6) is 0.619. The van der Waals surface area contributed by atoms with Crippen molar-refractivity contribution in [2.45, 2.75) is 13.8 Å². The smallest absolute Gasteiger partial charge is 0.250 e. The molecule has 0 saturated heterocycles. The molecule has 0 saturated carbocycles. The topological polar surface area (TPSA) is 74.4 Å². The van der Waals surface area contributed by atoms with Crippen LogP contribution in [0.5, 0.6) is 11.5 Å². The van der Waals surface area contributed by atoms with Crippen LogP contribution in [0, 0.1) is 13.8 Å². The number of carbonyl (C=O) groups is 1. The molecule has 0 unspecified atom stereocenters. The lowest BCUT2D eigenvalue weighted by Gasteiger charge is -2.15. The maximum Gasteiger partial charge on any atom is 0.250 e. The number of methoxy groups -OCH3 is 2. The van der Waals surface area contributed by atoms with Crippen LogP contribution in [-0.4, -0.2) is 25.1 Å². The van der Waals surface area contributed by atoms with Crippen molar-refractivity contribution >= 4 is 5.91 Å². The molecule has 2 aromatic rings. The maximum absolute atomic E-state index is 11.8. The van der Waals surface area contributed by atoms with Crippen LogP contribution >= 0.6 is 0 Å². The summed E-state index contributed by atoms with van der Waals surface area (Å²) in [5, 5.41) is 0. The summed E-state index contributed by atoms with van der Waals surface area (Å²) in [6.07, 6.45) is 0. The van der Waals surface area contributed by atoms with E-state index in [4.69, 9.17) is 15.2 Å².